The van der Waals surface area contributed by atoms with Crippen LogP contribution in [0.4, 0.5) is 5.69 Å². The van der Waals surface area contributed by atoms with Crippen LogP contribution in [0.2, 0.25) is 0 Å². The maximum Gasteiger partial charge on any atom is 0.115 e. The Morgan fingerprint density at radius 1 is 1.14 bits per heavy atom. The second-order valence-electron chi connectivity index (χ2n) is 5.20. The summed E-state index contributed by atoms with van der Waals surface area (Å²) in [6.07, 6.45) is 10.0. The molecular weight excluding hydrogens is 262 g/mol. The van der Waals surface area contributed by atoms with E-state index in [1.165, 1.54) is 11.3 Å². The Balaban J connectivity index is 1.67. The van der Waals surface area contributed by atoms with Crippen LogP contribution in [0, 0.1) is 0 Å². The van der Waals surface area contributed by atoms with E-state index in [-0.39, 0.29) is 0 Å². The van der Waals surface area contributed by atoms with Crippen LogP contribution < -0.4 is 4.90 Å². The Kier molecular flexibility index (Phi) is 2.88. The lowest BCUT2D eigenvalue weighted by molar-refractivity contribution is 0.819. The molecule has 0 atom stereocenters. The Morgan fingerprint density at radius 2 is 2.05 bits per heavy atom. The van der Waals surface area contributed by atoms with Gasteiger partial charge < -0.3 is 9.88 Å². The van der Waals surface area contributed by atoms with Gasteiger partial charge in [0.2, 0.25) is 0 Å². The van der Waals surface area contributed by atoms with Gasteiger partial charge in [-0.15, -0.1) is 0 Å². The highest BCUT2D eigenvalue weighted by molar-refractivity contribution is 5.71. The zero-order valence-corrected chi connectivity index (χ0v) is 11.5. The average Bonchev–Trinajstić information content (AvgIpc) is 3.19. The van der Waals surface area contributed by atoms with Crippen LogP contribution in [0.1, 0.15) is 11.3 Å². The predicted octanol–water partition coefficient (Wildman–Crippen LogP) is 2.43. The van der Waals surface area contributed by atoms with Gasteiger partial charge in [-0.3, -0.25) is 0 Å². The maximum absolute atomic E-state index is 4.32. The number of anilines is 1. The van der Waals surface area contributed by atoms with Crippen molar-refractivity contribution >= 4 is 5.69 Å². The van der Waals surface area contributed by atoms with E-state index in [1.807, 2.05) is 18.6 Å². The van der Waals surface area contributed by atoms with Gasteiger partial charge in [-0.25, -0.2) is 15.0 Å². The first-order valence-corrected chi connectivity index (χ1v) is 7.01. The third kappa shape index (κ3) is 2.27. The zero-order chi connectivity index (χ0) is 14.1. The highest BCUT2D eigenvalue weighted by Gasteiger charge is 2.20. The lowest BCUT2D eigenvalue weighted by atomic mass is 10.0. The second kappa shape index (κ2) is 5.01. The lowest BCUT2D eigenvalue weighted by Crippen LogP contribution is -2.19. The fraction of sp³-hybridized carbons (Fsp3) is 0.188. The number of benzene rings is 1. The lowest BCUT2D eigenvalue weighted by Gasteiger charge is -2.18. The molecule has 2 aromatic heterocycles. The first-order chi connectivity index (χ1) is 10.4. The summed E-state index contributed by atoms with van der Waals surface area (Å²) in [5.41, 5.74) is 5.96. The Morgan fingerprint density at radius 3 is 2.86 bits per heavy atom. The molecule has 1 aromatic carbocycles. The molecule has 0 fully saturated rings. The number of H-pyrrole nitrogens is 1. The van der Waals surface area contributed by atoms with Crippen molar-refractivity contribution in [1.29, 1.82) is 0 Å². The third-order valence-corrected chi connectivity index (χ3v) is 3.88. The van der Waals surface area contributed by atoms with E-state index in [9.17, 15) is 0 Å². The molecule has 21 heavy (non-hydrogen) atoms. The number of fused-ring (bicyclic) bond motifs is 1. The second-order valence-corrected chi connectivity index (χ2v) is 5.20. The minimum Gasteiger partial charge on any atom is -0.365 e. The van der Waals surface area contributed by atoms with Crippen LogP contribution in [0.25, 0.3) is 11.1 Å². The molecule has 0 saturated carbocycles. The molecule has 5 nitrogen and oxygen atoms in total. The molecule has 0 unspecified atom stereocenters. The summed E-state index contributed by atoms with van der Waals surface area (Å²) in [4.78, 5) is 17.9. The molecule has 1 aliphatic heterocycles. The fourth-order valence-electron chi connectivity index (χ4n) is 2.81. The van der Waals surface area contributed by atoms with Crippen molar-refractivity contribution in [2.24, 2.45) is 0 Å². The number of aromatic amines is 1. The van der Waals surface area contributed by atoms with Crippen LogP contribution in [0.15, 0.2) is 49.4 Å². The van der Waals surface area contributed by atoms with Crippen LogP contribution in [-0.4, -0.2) is 26.5 Å². The molecule has 0 bridgehead atoms. The number of imidazole rings is 1. The topological polar surface area (TPSA) is 57.7 Å². The highest BCUT2D eigenvalue weighted by atomic mass is 15.2. The number of aromatic nitrogens is 4. The summed E-state index contributed by atoms with van der Waals surface area (Å²) in [5, 5.41) is 0. The van der Waals surface area contributed by atoms with Crippen molar-refractivity contribution in [3.63, 3.8) is 0 Å². The fourth-order valence-corrected chi connectivity index (χ4v) is 2.81. The van der Waals surface area contributed by atoms with Gasteiger partial charge in [-0.2, -0.15) is 0 Å². The molecule has 1 aliphatic rings. The van der Waals surface area contributed by atoms with Gasteiger partial charge in [-0.1, -0.05) is 12.1 Å². The van der Waals surface area contributed by atoms with Gasteiger partial charge in [0.1, 0.15) is 6.33 Å². The third-order valence-electron chi connectivity index (χ3n) is 3.88. The molecular formula is C16H15N5. The summed E-state index contributed by atoms with van der Waals surface area (Å²) in [7, 11) is 0. The minimum absolute atomic E-state index is 0.839. The summed E-state index contributed by atoms with van der Waals surface area (Å²) in [6, 6.07) is 6.59. The smallest absolute Gasteiger partial charge is 0.115 e. The molecule has 3 heterocycles. The van der Waals surface area contributed by atoms with Crippen molar-refractivity contribution in [1.82, 2.24) is 19.9 Å². The zero-order valence-electron chi connectivity index (χ0n) is 11.5. The molecule has 3 aromatic rings. The van der Waals surface area contributed by atoms with Crippen LogP contribution in [0.3, 0.4) is 0 Å². The van der Waals surface area contributed by atoms with Crippen molar-refractivity contribution in [2.75, 3.05) is 11.4 Å². The van der Waals surface area contributed by atoms with Gasteiger partial charge >= 0.3 is 0 Å². The van der Waals surface area contributed by atoms with Gasteiger partial charge in [0.15, 0.2) is 0 Å². The molecule has 5 heteroatoms. The van der Waals surface area contributed by atoms with Crippen molar-refractivity contribution in [2.45, 2.75) is 13.0 Å². The molecule has 0 saturated heterocycles. The Bertz CT molecular complexity index is 737. The normalized spacial score (nSPS) is 13.4. The van der Waals surface area contributed by atoms with Crippen molar-refractivity contribution in [3.05, 3.63) is 60.7 Å². The van der Waals surface area contributed by atoms with E-state index in [0.717, 1.165) is 36.3 Å². The number of rotatable bonds is 3. The van der Waals surface area contributed by atoms with Crippen molar-refractivity contribution in [3.8, 4) is 11.1 Å². The molecule has 0 spiro atoms. The van der Waals surface area contributed by atoms with E-state index >= 15 is 0 Å². The van der Waals surface area contributed by atoms with Gasteiger partial charge in [-0.05, 0) is 23.6 Å². The van der Waals surface area contributed by atoms with E-state index < -0.39 is 0 Å². The standard InChI is InChI=1S/C16H15N5/c1-2-13(14-6-17-10-18-7-14)5-16-12(1)3-4-21(16)9-15-8-19-11-20-15/h1-2,5-8,10-11H,3-4,9H2,(H,19,20). The van der Waals surface area contributed by atoms with Crippen LogP contribution >= 0.6 is 0 Å². The van der Waals surface area contributed by atoms with Gasteiger partial charge in [0.25, 0.3) is 0 Å². The average molecular weight is 277 g/mol. The molecule has 0 amide bonds. The molecule has 104 valence electrons. The number of nitrogens with zero attached hydrogens (tertiary/aromatic N) is 4. The number of hydrogen-bond donors (Lipinski definition) is 1. The van der Waals surface area contributed by atoms with Crippen molar-refractivity contribution < 1.29 is 0 Å². The Hall–Kier alpha value is -2.69. The molecule has 4 rings (SSSR count). The quantitative estimate of drug-likeness (QED) is 0.799. The van der Waals surface area contributed by atoms with E-state index in [2.05, 4.69) is 43.0 Å². The summed E-state index contributed by atoms with van der Waals surface area (Å²) in [5.74, 6) is 0. The van der Waals surface area contributed by atoms with Crippen LogP contribution in [-0.2, 0) is 13.0 Å². The van der Waals surface area contributed by atoms with Gasteiger partial charge in [0, 0.05) is 36.4 Å². The van der Waals surface area contributed by atoms with E-state index in [4.69, 9.17) is 0 Å². The predicted molar refractivity (Wildman–Crippen MR) is 80.8 cm³/mol. The molecule has 1 N–H and O–H groups in total. The largest absolute Gasteiger partial charge is 0.365 e. The summed E-state index contributed by atoms with van der Waals surface area (Å²) >= 11 is 0. The molecule has 0 aliphatic carbocycles. The Labute approximate surface area is 122 Å². The number of nitrogens with one attached hydrogen (secondary N) is 1. The first-order valence-electron chi connectivity index (χ1n) is 7.01. The highest BCUT2D eigenvalue weighted by Crippen LogP contribution is 2.33. The maximum atomic E-state index is 4.32. The van der Waals surface area contributed by atoms with Crippen LogP contribution in [0.5, 0.6) is 0 Å². The monoisotopic (exact) mass is 277 g/mol. The molecule has 0 radical (unpaired) electrons. The summed E-state index contributed by atoms with van der Waals surface area (Å²) in [6.45, 7) is 1.88. The number of hydrogen-bond acceptors (Lipinski definition) is 4. The SMILES string of the molecule is c1ncc(-c2ccc3c(c2)N(Cc2c[nH]cn2)CC3)cn1. The van der Waals surface area contributed by atoms with E-state index in [0.29, 0.717) is 0 Å². The van der Waals surface area contributed by atoms with Gasteiger partial charge in [0.05, 0.1) is 18.6 Å². The first kappa shape index (κ1) is 12.1. The minimum atomic E-state index is 0.839. The van der Waals surface area contributed by atoms with E-state index in [1.54, 1.807) is 12.7 Å². The summed E-state index contributed by atoms with van der Waals surface area (Å²) < 4.78 is 0.